The molecule has 4 rings (SSSR count). The molecule has 0 saturated carbocycles. The number of hydrogen-bond acceptors (Lipinski definition) is 3. The number of quaternary nitrogens is 1. The zero-order valence-corrected chi connectivity index (χ0v) is 16.7. The Morgan fingerprint density at radius 2 is 1.72 bits per heavy atom. The summed E-state index contributed by atoms with van der Waals surface area (Å²) in [6, 6.07) is 20.1. The number of carbonyl (C=O) groups is 1. The van der Waals surface area contributed by atoms with Gasteiger partial charge in [0.15, 0.2) is 0 Å². The van der Waals surface area contributed by atoms with Crippen LogP contribution in [-0.4, -0.2) is 48.7 Å². The number of aromatic nitrogens is 1. The van der Waals surface area contributed by atoms with E-state index in [0.717, 1.165) is 38.3 Å². The van der Waals surface area contributed by atoms with E-state index >= 15 is 0 Å². The van der Waals surface area contributed by atoms with Crippen molar-refractivity contribution in [3.8, 4) is 11.3 Å². The van der Waals surface area contributed by atoms with Crippen LogP contribution in [0.25, 0.3) is 17.3 Å². The van der Waals surface area contributed by atoms with Crippen LogP contribution in [0.15, 0.2) is 71.3 Å². The van der Waals surface area contributed by atoms with E-state index in [1.165, 1.54) is 10.5 Å². The molecule has 5 heteroatoms. The summed E-state index contributed by atoms with van der Waals surface area (Å²) in [6.07, 6.45) is 4.39. The molecule has 1 aliphatic heterocycles. The fraction of sp³-hybridized carbons (Fsp3) is 0.250. The van der Waals surface area contributed by atoms with Crippen LogP contribution in [0.2, 0.25) is 0 Å². The van der Waals surface area contributed by atoms with Crippen molar-refractivity contribution in [3.63, 3.8) is 0 Å². The Morgan fingerprint density at radius 3 is 2.41 bits per heavy atom. The van der Waals surface area contributed by atoms with E-state index in [9.17, 15) is 4.79 Å². The summed E-state index contributed by atoms with van der Waals surface area (Å²) >= 11 is 0. The number of hydrogen-bond donors (Lipinski definition) is 1. The molecule has 0 radical (unpaired) electrons. The van der Waals surface area contributed by atoms with Gasteiger partial charge in [0, 0.05) is 5.56 Å². The fourth-order valence-electron chi connectivity index (χ4n) is 3.73. The molecule has 0 aliphatic carbocycles. The lowest BCUT2D eigenvalue weighted by molar-refractivity contribution is -0.898. The van der Waals surface area contributed by atoms with E-state index in [1.807, 2.05) is 60.4 Å². The summed E-state index contributed by atoms with van der Waals surface area (Å²) in [5, 5.41) is 4.15. The number of aryl methyl sites for hydroxylation is 1. The molecule has 1 amide bonds. The number of nitrogens with zero attached hydrogens (tertiary/aromatic N) is 2. The second-order valence-corrected chi connectivity index (χ2v) is 7.39. The van der Waals surface area contributed by atoms with Gasteiger partial charge >= 0.3 is 0 Å². The average molecular weight is 388 g/mol. The SMILES string of the molecule is Cc1onc(-c2ccccc2)c1C(=O)N1CC[NH+](CC=Cc2ccccc2)CC1. The van der Waals surface area contributed by atoms with Crippen LogP contribution in [0, 0.1) is 6.92 Å². The summed E-state index contributed by atoms with van der Waals surface area (Å²) in [7, 11) is 0. The first-order valence-corrected chi connectivity index (χ1v) is 10.1. The number of amides is 1. The second-order valence-electron chi connectivity index (χ2n) is 7.39. The molecule has 0 spiro atoms. The monoisotopic (exact) mass is 388 g/mol. The van der Waals surface area contributed by atoms with Crippen molar-refractivity contribution in [3.05, 3.63) is 83.6 Å². The zero-order chi connectivity index (χ0) is 20.1. The van der Waals surface area contributed by atoms with Gasteiger partial charge < -0.3 is 14.3 Å². The highest BCUT2D eigenvalue weighted by Gasteiger charge is 2.29. The number of benzene rings is 2. The lowest BCUT2D eigenvalue weighted by Crippen LogP contribution is -3.14. The van der Waals surface area contributed by atoms with Gasteiger partial charge in [0.2, 0.25) is 0 Å². The fourth-order valence-corrected chi connectivity index (χ4v) is 3.73. The Hall–Kier alpha value is -3.18. The van der Waals surface area contributed by atoms with Crippen LogP contribution in [0.3, 0.4) is 0 Å². The van der Waals surface area contributed by atoms with Crippen molar-refractivity contribution in [1.82, 2.24) is 10.1 Å². The first kappa shape index (κ1) is 19.2. The van der Waals surface area contributed by atoms with E-state index < -0.39 is 0 Å². The molecule has 1 aliphatic rings. The molecule has 1 N–H and O–H groups in total. The molecule has 29 heavy (non-hydrogen) atoms. The van der Waals surface area contributed by atoms with Crippen LogP contribution in [-0.2, 0) is 0 Å². The van der Waals surface area contributed by atoms with Gasteiger partial charge in [-0.3, -0.25) is 4.79 Å². The normalized spacial score (nSPS) is 15.1. The maximum atomic E-state index is 13.2. The molecule has 5 nitrogen and oxygen atoms in total. The van der Waals surface area contributed by atoms with Crippen LogP contribution < -0.4 is 4.90 Å². The molecular weight excluding hydrogens is 362 g/mol. The van der Waals surface area contributed by atoms with Crippen LogP contribution in [0.4, 0.5) is 0 Å². The first-order valence-electron chi connectivity index (χ1n) is 10.1. The van der Waals surface area contributed by atoms with E-state index in [1.54, 1.807) is 0 Å². The Bertz CT molecular complexity index is 972. The van der Waals surface area contributed by atoms with Gasteiger partial charge in [-0.1, -0.05) is 71.9 Å². The number of piperazine rings is 1. The Kier molecular flexibility index (Phi) is 5.86. The van der Waals surface area contributed by atoms with Crippen molar-refractivity contribution in [2.45, 2.75) is 6.92 Å². The molecule has 0 bridgehead atoms. The van der Waals surface area contributed by atoms with Crippen molar-refractivity contribution >= 4 is 12.0 Å². The van der Waals surface area contributed by atoms with Gasteiger partial charge in [-0.25, -0.2) is 0 Å². The summed E-state index contributed by atoms with van der Waals surface area (Å²) in [5.74, 6) is 0.593. The molecule has 2 aromatic carbocycles. The minimum absolute atomic E-state index is 0.0153. The van der Waals surface area contributed by atoms with Gasteiger partial charge in [0.1, 0.15) is 17.0 Å². The van der Waals surface area contributed by atoms with Crippen molar-refractivity contribution < 1.29 is 14.2 Å². The highest BCUT2D eigenvalue weighted by Crippen LogP contribution is 2.26. The van der Waals surface area contributed by atoms with E-state index in [2.05, 4.69) is 29.4 Å². The third-order valence-corrected chi connectivity index (χ3v) is 5.40. The summed E-state index contributed by atoms with van der Waals surface area (Å²) in [4.78, 5) is 16.6. The Balaban J connectivity index is 1.38. The Labute approximate surface area is 171 Å². The predicted octanol–water partition coefficient (Wildman–Crippen LogP) is 2.70. The molecule has 3 aromatic rings. The first-order chi connectivity index (χ1) is 14.2. The third kappa shape index (κ3) is 4.46. The standard InChI is InChI=1S/C24H25N3O2/c1-19-22(23(25-29-19)21-12-6-3-7-13-21)24(28)27-17-15-26(16-18-27)14-8-11-20-9-4-2-5-10-20/h2-13H,14-18H2,1H3/p+1. The topological polar surface area (TPSA) is 50.8 Å². The van der Waals surface area contributed by atoms with Crippen LogP contribution >= 0.6 is 0 Å². The van der Waals surface area contributed by atoms with Crippen molar-refractivity contribution in [2.75, 3.05) is 32.7 Å². The molecule has 1 saturated heterocycles. The molecule has 2 heterocycles. The smallest absolute Gasteiger partial charge is 0.260 e. The minimum Gasteiger partial charge on any atom is -0.360 e. The van der Waals surface area contributed by atoms with E-state index in [0.29, 0.717) is 17.0 Å². The van der Waals surface area contributed by atoms with Gasteiger partial charge in [-0.15, -0.1) is 0 Å². The number of rotatable bonds is 5. The summed E-state index contributed by atoms with van der Waals surface area (Å²) < 4.78 is 5.37. The predicted molar refractivity (Wildman–Crippen MR) is 114 cm³/mol. The summed E-state index contributed by atoms with van der Waals surface area (Å²) in [6.45, 7) is 6.14. The van der Waals surface area contributed by atoms with Crippen LogP contribution in [0.1, 0.15) is 21.7 Å². The molecular formula is C24H26N3O2+. The van der Waals surface area contributed by atoms with E-state index in [-0.39, 0.29) is 5.91 Å². The number of nitrogens with one attached hydrogen (secondary N) is 1. The second kappa shape index (κ2) is 8.88. The molecule has 1 aromatic heterocycles. The number of carbonyl (C=O) groups excluding carboxylic acids is 1. The van der Waals surface area contributed by atoms with Crippen molar-refractivity contribution in [2.24, 2.45) is 0 Å². The van der Waals surface area contributed by atoms with Crippen LogP contribution in [0.5, 0.6) is 0 Å². The largest absolute Gasteiger partial charge is 0.360 e. The van der Waals surface area contributed by atoms with Crippen molar-refractivity contribution in [1.29, 1.82) is 0 Å². The molecule has 148 valence electrons. The minimum atomic E-state index is 0.0153. The average Bonchev–Trinajstić information content (AvgIpc) is 3.16. The maximum Gasteiger partial charge on any atom is 0.260 e. The zero-order valence-electron chi connectivity index (χ0n) is 16.7. The third-order valence-electron chi connectivity index (χ3n) is 5.40. The van der Waals surface area contributed by atoms with Gasteiger partial charge in [-0.2, -0.15) is 0 Å². The van der Waals surface area contributed by atoms with Gasteiger partial charge in [0.25, 0.3) is 5.91 Å². The molecule has 1 fully saturated rings. The molecule has 0 atom stereocenters. The van der Waals surface area contributed by atoms with E-state index in [4.69, 9.17) is 4.52 Å². The van der Waals surface area contributed by atoms with Gasteiger partial charge in [-0.05, 0) is 18.6 Å². The Morgan fingerprint density at radius 1 is 1.07 bits per heavy atom. The lowest BCUT2D eigenvalue weighted by Gasteiger charge is -2.31. The highest BCUT2D eigenvalue weighted by atomic mass is 16.5. The highest BCUT2D eigenvalue weighted by molar-refractivity contribution is 6.00. The quantitative estimate of drug-likeness (QED) is 0.731. The van der Waals surface area contributed by atoms with Gasteiger partial charge in [0.05, 0.1) is 32.7 Å². The molecule has 0 unspecified atom stereocenters. The maximum absolute atomic E-state index is 13.2. The summed E-state index contributed by atoms with van der Waals surface area (Å²) in [5.41, 5.74) is 3.34. The lowest BCUT2D eigenvalue weighted by atomic mass is 10.0.